The van der Waals surface area contributed by atoms with Crippen molar-refractivity contribution in [3.63, 3.8) is 0 Å². The number of ether oxygens (including phenoxy) is 1. The van der Waals surface area contributed by atoms with Crippen molar-refractivity contribution < 1.29 is 17.3 Å². The average Bonchev–Trinajstić information content (AvgIpc) is 2.62. The number of nitriles is 1. The first-order valence-electron chi connectivity index (χ1n) is 7.64. The molecular formula is C19H15NO4S. The predicted molar refractivity (Wildman–Crippen MR) is 94.1 cm³/mol. The monoisotopic (exact) mass is 353 g/mol. The van der Waals surface area contributed by atoms with E-state index in [1.54, 1.807) is 36.4 Å². The topological polar surface area (TPSA) is 76.4 Å². The lowest BCUT2D eigenvalue weighted by Crippen LogP contribution is -2.10. The molecule has 0 N–H and O–H groups in total. The molecule has 0 unspecified atom stereocenters. The quantitative estimate of drug-likeness (QED) is 0.651. The molecule has 0 aliphatic carbocycles. The number of nitrogens with zero attached hydrogens (tertiary/aromatic N) is 1. The van der Waals surface area contributed by atoms with E-state index in [4.69, 9.17) is 14.2 Å². The summed E-state index contributed by atoms with van der Waals surface area (Å²) in [6.45, 7) is 2.35. The summed E-state index contributed by atoms with van der Waals surface area (Å²) >= 11 is 0. The second kappa shape index (κ2) is 6.83. The Balaban J connectivity index is 2.08. The fourth-order valence-corrected chi connectivity index (χ4v) is 3.66. The van der Waals surface area contributed by atoms with Crippen LogP contribution in [-0.2, 0) is 10.1 Å². The molecule has 0 aliphatic rings. The largest absolute Gasteiger partial charge is 0.493 e. The van der Waals surface area contributed by atoms with Crippen LogP contribution in [0.2, 0.25) is 0 Å². The van der Waals surface area contributed by atoms with Gasteiger partial charge in [0.25, 0.3) is 0 Å². The van der Waals surface area contributed by atoms with E-state index in [1.165, 1.54) is 18.2 Å². The Morgan fingerprint density at radius 1 is 1.00 bits per heavy atom. The van der Waals surface area contributed by atoms with Crippen molar-refractivity contribution in [1.82, 2.24) is 0 Å². The highest BCUT2D eigenvalue weighted by Gasteiger charge is 2.21. The third-order valence-electron chi connectivity index (χ3n) is 3.58. The van der Waals surface area contributed by atoms with Crippen molar-refractivity contribution in [2.75, 3.05) is 6.61 Å². The smallest absolute Gasteiger partial charge is 0.339 e. The van der Waals surface area contributed by atoms with Crippen molar-refractivity contribution in [2.24, 2.45) is 0 Å². The van der Waals surface area contributed by atoms with E-state index in [0.29, 0.717) is 28.7 Å². The summed E-state index contributed by atoms with van der Waals surface area (Å²) in [5.74, 6) is 0.709. The van der Waals surface area contributed by atoms with Crippen LogP contribution in [0.15, 0.2) is 65.6 Å². The fourth-order valence-electron chi connectivity index (χ4n) is 2.53. The standard InChI is InChI=1S/C19H15NO4S/c1-2-23-18-10-11-19(17-9-4-3-8-16(17)18)25(21,22)24-15-7-5-6-14(12-15)13-20/h3-12H,2H2,1H3. The maximum absolute atomic E-state index is 12.7. The normalized spacial score (nSPS) is 11.0. The van der Waals surface area contributed by atoms with Gasteiger partial charge in [-0.05, 0) is 37.3 Å². The Morgan fingerprint density at radius 2 is 1.76 bits per heavy atom. The summed E-state index contributed by atoms with van der Waals surface area (Å²) in [6.07, 6.45) is 0. The van der Waals surface area contributed by atoms with Crippen LogP contribution in [0.1, 0.15) is 12.5 Å². The minimum atomic E-state index is -4.06. The van der Waals surface area contributed by atoms with Crippen LogP contribution in [0, 0.1) is 11.3 Å². The van der Waals surface area contributed by atoms with E-state index in [2.05, 4.69) is 0 Å². The number of benzene rings is 3. The maximum atomic E-state index is 12.7. The van der Waals surface area contributed by atoms with Crippen LogP contribution in [0.25, 0.3) is 10.8 Å². The van der Waals surface area contributed by atoms with E-state index in [-0.39, 0.29) is 10.6 Å². The molecule has 0 radical (unpaired) electrons. The van der Waals surface area contributed by atoms with E-state index >= 15 is 0 Å². The van der Waals surface area contributed by atoms with Crippen molar-refractivity contribution in [3.8, 4) is 17.6 Å². The highest BCUT2D eigenvalue weighted by molar-refractivity contribution is 7.87. The Hall–Kier alpha value is -3.04. The summed E-state index contributed by atoms with van der Waals surface area (Å²) < 4.78 is 36.3. The van der Waals surface area contributed by atoms with Gasteiger partial charge in [-0.25, -0.2) is 0 Å². The SMILES string of the molecule is CCOc1ccc(S(=O)(=O)Oc2cccc(C#N)c2)c2ccccc12. The molecule has 0 saturated heterocycles. The van der Waals surface area contributed by atoms with Gasteiger partial charge in [-0.15, -0.1) is 0 Å². The van der Waals surface area contributed by atoms with Gasteiger partial charge in [0, 0.05) is 10.8 Å². The van der Waals surface area contributed by atoms with Crippen LogP contribution >= 0.6 is 0 Å². The molecule has 0 aliphatic heterocycles. The second-order valence-corrected chi connectivity index (χ2v) is 6.73. The van der Waals surface area contributed by atoms with Crippen LogP contribution in [0.5, 0.6) is 11.5 Å². The van der Waals surface area contributed by atoms with Crippen LogP contribution < -0.4 is 8.92 Å². The molecule has 0 spiro atoms. The van der Waals surface area contributed by atoms with Gasteiger partial charge >= 0.3 is 10.1 Å². The predicted octanol–water partition coefficient (Wildman–Crippen LogP) is 3.88. The minimum absolute atomic E-state index is 0.0499. The van der Waals surface area contributed by atoms with Crippen LogP contribution in [-0.4, -0.2) is 15.0 Å². The Bertz CT molecular complexity index is 1070. The zero-order valence-electron chi connectivity index (χ0n) is 13.5. The van der Waals surface area contributed by atoms with Gasteiger partial charge in [0.2, 0.25) is 0 Å². The summed E-state index contributed by atoms with van der Waals surface area (Å²) in [5, 5.41) is 10.1. The summed E-state index contributed by atoms with van der Waals surface area (Å²) in [7, 11) is -4.06. The molecule has 3 rings (SSSR count). The van der Waals surface area contributed by atoms with E-state index < -0.39 is 10.1 Å². The van der Waals surface area contributed by atoms with Crippen molar-refractivity contribution in [2.45, 2.75) is 11.8 Å². The van der Waals surface area contributed by atoms with E-state index in [1.807, 2.05) is 19.1 Å². The van der Waals surface area contributed by atoms with Gasteiger partial charge in [-0.2, -0.15) is 13.7 Å². The van der Waals surface area contributed by atoms with Crippen molar-refractivity contribution in [3.05, 3.63) is 66.2 Å². The summed E-state index contributed by atoms with van der Waals surface area (Å²) in [6, 6.07) is 18.1. The number of rotatable bonds is 5. The fraction of sp³-hybridized carbons (Fsp3) is 0.105. The van der Waals surface area contributed by atoms with Gasteiger partial charge in [-0.3, -0.25) is 0 Å². The highest BCUT2D eigenvalue weighted by Crippen LogP contribution is 2.32. The second-order valence-electron chi connectivity index (χ2n) is 5.22. The molecule has 0 bridgehead atoms. The molecule has 0 aromatic heterocycles. The first-order valence-corrected chi connectivity index (χ1v) is 9.05. The molecule has 25 heavy (non-hydrogen) atoms. The molecular weight excluding hydrogens is 338 g/mol. The third-order valence-corrected chi connectivity index (χ3v) is 4.89. The molecule has 0 amide bonds. The molecule has 6 heteroatoms. The Labute approximate surface area is 146 Å². The molecule has 3 aromatic rings. The third kappa shape index (κ3) is 3.42. The molecule has 0 saturated carbocycles. The zero-order valence-corrected chi connectivity index (χ0v) is 14.3. The zero-order chi connectivity index (χ0) is 17.9. The number of hydrogen-bond acceptors (Lipinski definition) is 5. The van der Waals surface area contributed by atoms with Gasteiger partial charge in [0.1, 0.15) is 16.4 Å². The van der Waals surface area contributed by atoms with Crippen LogP contribution in [0.4, 0.5) is 0 Å². The highest BCUT2D eigenvalue weighted by atomic mass is 32.2. The van der Waals surface area contributed by atoms with Gasteiger partial charge in [0.05, 0.1) is 18.2 Å². The lowest BCUT2D eigenvalue weighted by molar-refractivity contribution is 0.344. The Kier molecular flexibility index (Phi) is 4.59. The van der Waals surface area contributed by atoms with Gasteiger partial charge in [-0.1, -0.05) is 30.3 Å². The number of fused-ring (bicyclic) bond motifs is 1. The van der Waals surface area contributed by atoms with E-state index in [0.717, 1.165) is 0 Å². The van der Waals surface area contributed by atoms with E-state index in [9.17, 15) is 8.42 Å². The Morgan fingerprint density at radius 3 is 2.48 bits per heavy atom. The van der Waals surface area contributed by atoms with Crippen molar-refractivity contribution in [1.29, 1.82) is 5.26 Å². The average molecular weight is 353 g/mol. The first kappa shape index (κ1) is 16.8. The first-order chi connectivity index (χ1) is 12.0. The van der Waals surface area contributed by atoms with Crippen LogP contribution in [0.3, 0.4) is 0 Å². The molecule has 126 valence electrons. The molecule has 0 atom stereocenters. The lowest BCUT2D eigenvalue weighted by Gasteiger charge is -2.12. The maximum Gasteiger partial charge on any atom is 0.339 e. The molecule has 3 aromatic carbocycles. The number of hydrogen-bond donors (Lipinski definition) is 0. The summed E-state index contributed by atoms with van der Waals surface area (Å²) in [5.41, 5.74) is 0.323. The minimum Gasteiger partial charge on any atom is -0.493 e. The molecule has 0 heterocycles. The molecule has 0 fully saturated rings. The molecule has 5 nitrogen and oxygen atoms in total. The van der Waals surface area contributed by atoms with Gasteiger partial charge < -0.3 is 8.92 Å². The summed E-state index contributed by atoms with van der Waals surface area (Å²) in [4.78, 5) is 0.0499. The van der Waals surface area contributed by atoms with Gasteiger partial charge in [0.15, 0.2) is 0 Å². The van der Waals surface area contributed by atoms with Crippen molar-refractivity contribution >= 4 is 20.9 Å². The lowest BCUT2D eigenvalue weighted by atomic mass is 10.1.